The molecule has 0 aromatic rings. The minimum absolute atomic E-state index is 0.0874. The molecular formula is C7H12N2O. The molecule has 1 aliphatic carbocycles. The molecule has 0 atom stereocenters. The highest BCUT2D eigenvalue weighted by Crippen LogP contribution is 2.23. The second-order valence-corrected chi connectivity index (χ2v) is 2.60. The minimum Gasteiger partial charge on any atom is -0.395 e. The largest absolute Gasteiger partial charge is 0.395 e. The summed E-state index contributed by atoms with van der Waals surface area (Å²) < 4.78 is 0. The van der Waals surface area contributed by atoms with E-state index in [9.17, 15) is 0 Å². The van der Waals surface area contributed by atoms with Crippen LogP contribution in [0.3, 0.4) is 0 Å². The van der Waals surface area contributed by atoms with E-state index in [-0.39, 0.29) is 6.61 Å². The van der Waals surface area contributed by atoms with Crippen LogP contribution in [0.25, 0.3) is 0 Å². The lowest BCUT2D eigenvalue weighted by Gasteiger charge is -2.32. The van der Waals surface area contributed by atoms with E-state index in [1.54, 1.807) is 4.90 Å². The van der Waals surface area contributed by atoms with Gasteiger partial charge in [-0.25, -0.2) is 0 Å². The summed E-state index contributed by atoms with van der Waals surface area (Å²) in [6.45, 7) is 0.589. The summed E-state index contributed by atoms with van der Waals surface area (Å²) in [5.41, 5.74) is 0. The molecule has 1 aliphatic rings. The average Bonchev–Trinajstić information content (AvgIpc) is 1.83. The average molecular weight is 140 g/mol. The molecule has 0 radical (unpaired) electrons. The zero-order valence-electron chi connectivity index (χ0n) is 5.95. The van der Waals surface area contributed by atoms with E-state index in [4.69, 9.17) is 10.4 Å². The van der Waals surface area contributed by atoms with Gasteiger partial charge in [-0.15, -0.1) is 0 Å². The van der Waals surface area contributed by atoms with Gasteiger partial charge in [-0.3, -0.25) is 0 Å². The molecule has 0 unspecified atom stereocenters. The number of rotatable bonds is 3. The Morgan fingerprint density at radius 3 is 2.60 bits per heavy atom. The molecule has 10 heavy (non-hydrogen) atoms. The van der Waals surface area contributed by atoms with Crippen molar-refractivity contribution in [3.8, 4) is 6.19 Å². The van der Waals surface area contributed by atoms with Gasteiger partial charge in [0.1, 0.15) is 0 Å². The highest BCUT2D eigenvalue weighted by Gasteiger charge is 2.23. The monoisotopic (exact) mass is 140 g/mol. The molecule has 0 spiro atoms. The number of nitriles is 1. The maximum absolute atomic E-state index is 8.56. The van der Waals surface area contributed by atoms with Gasteiger partial charge in [0.2, 0.25) is 0 Å². The van der Waals surface area contributed by atoms with Crippen molar-refractivity contribution in [2.75, 3.05) is 13.2 Å². The van der Waals surface area contributed by atoms with Crippen LogP contribution >= 0.6 is 0 Å². The van der Waals surface area contributed by atoms with Crippen molar-refractivity contribution in [3.05, 3.63) is 0 Å². The predicted molar refractivity (Wildman–Crippen MR) is 37.0 cm³/mol. The molecule has 0 aromatic carbocycles. The van der Waals surface area contributed by atoms with E-state index >= 15 is 0 Å². The maximum atomic E-state index is 8.56. The molecule has 1 rings (SSSR count). The Balaban J connectivity index is 2.26. The van der Waals surface area contributed by atoms with E-state index in [0.717, 1.165) is 12.8 Å². The van der Waals surface area contributed by atoms with Crippen LogP contribution < -0.4 is 0 Å². The maximum Gasteiger partial charge on any atom is 0.179 e. The SMILES string of the molecule is N#CN(CCO)C1CCC1. The third-order valence-corrected chi connectivity index (χ3v) is 1.98. The van der Waals surface area contributed by atoms with Crippen molar-refractivity contribution in [2.24, 2.45) is 0 Å². The van der Waals surface area contributed by atoms with E-state index in [1.165, 1.54) is 6.42 Å². The second-order valence-electron chi connectivity index (χ2n) is 2.60. The van der Waals surface area contributed by atoms with Gasteiger partial charge in [0.05, 0.1) is 13.2 Å². The van der Waals surface area contributed by atoms with Crippen molar-refractivity contribution >= 4 is 0 Å². The van der Waals surface area contributed by atoms with Crippen molar-refractivity contribution in [1.29, 1.82) is 5.26 Å². The van der Waals surface area contributed by atoms with Crippen molar-refractivity contribution in [1.82, 2.24) is 4.90 Å². The lowest BCUT2D eigenvalue weighted by molar-refractivity contribution is 0.156. The van der Waals surface area contributed by atoms with Gasteiger partial charge in [-0.05, 0) is 19.3 Å². The van der Waals surface area contributed by atoms with Gasteiger partial charge >= 0.3 is 0 Å². The van der Waals surface area contributed by atoms with E-state index in [1.807, 2.05) is 0 Å². The number of nitrogens with zero attached hydrogens (tertiary/aromatic N) is 2. The standard InChI is InChI=1S/C7H12N2O/c8-6-9(4-5-10)7-2-1-3-7/h7,10H,1-5H2. The fraction of sp³-hybridized carbons (Fsp3) is 0.857. The first-order valence-corrected chi connectivity index (χ1v) is 3.65. The van der Waals surface area contributed by atoms with Gasteiger partial charge < -0.3 is 10.0 Å². The molecule has 3 heteroatoms. The molecule has 0 heterocycles. The third-order valence-electron chi connectivity index (χ3n) is 1.98. The van der Waals surface area contributed by atoms with E-state index < -0.39 is 0 Å². The highest BCUT2D eigenvalue weighted by molar-refractivity contribution is 4.87. The Labute approximate surface area is 60.9 Å². The van der Waals surface area contributed by atoms with Crippen LogP contribution in [-0.2, 0) is 0 Å². The predicted octanol–water partition coefficient (Wildman–Crippen LogP) is 0.314. The first-order chi connectivity index (χ1) is 4.88. The summed E-state index contributed by atoms with van der Waals surface area (Å²) in [7, 11) is 0. The van der Waals surface area contributed by atoms with Crippen LogP contribution in [0.5, 0.6) is 0 Å². The van der Waals surface area contributed by atoms with E-state index in [2.05, 4.69) is 6.19 Å². The molecule has 1 N–H and O–H groups in total. The molecule has 56 valence electrons. The molecule has 1 saturated carbocycles. The molecule has 0 bridgehead atoms. The minimum atomic E-state index is 0.0874. The van der Waals surface area contributed by atoms with Gasteiger partial charge in [0.25, 0.3) is 0 Å². The van der Waals surface area contributed by atoms with Crippen LogP contribution in [0.15, 0.2) is 0 Å². The first kappa shape index (κ1) is 7.36. The summed E-state index contributed by atoms with van der Waals surface area (Å²) in [4.78, 5) is 1.67. The van der Waals surface area contributed by atoms with Gasteiger partial charge in [0.15, 0.2) is 6.19 Å². The highest BCUT2D eigenvalue weighted by atomic mass is 16.3. The van der Waals surface area contributed by atoms with Crippen LogP contribution in [0.2, 0.25) is 0 Å². The Morgan fingerprint density at radius 2 is 2.30 bits per heavy atom. The Bertz CT molecular complexity index is 137. The Kier molecular flexibility index (Phi) is 2.52. The molecule has 0 amide bonds. The zero-order valence-corrected chi connectivity index (χ0v) is 5.95. The lowest BCUT2D eigenvalue weighted by Crippen LogP contribution is -2.38. The number of aliphatic hydroxyl groups excluding tert-OH is 1. The van der Waals surface area contributed by atoms with E-state index in [0.29, 0.717) is 12.6 Å². The smallest absolute Gasteiger partial charge is 0.179 e. The molecule has 0 saturated heterocycles. The third kappa shape index (κ3) is 1.39. The van der Waals surface area contributed by atoms with Crippen LogP contribution in [0.1, 0.15) is 19.3 Å². The topological polar surface area (TPSA) is 47.3 Å². The van der Waals surface area contributed by atoms with Gasteiger partial charge in [0, 0.05) is 6.04 Å². The van der Waals surface area contributed by atoms with Crippen LogP contribution in [0.4, 0.5) is 0 Å². The Hall–Kier alpha value is -0.750. The van der Waals surface area contributed by atoms with Crippen LogP contribution in [-0.4, -0.2) is 29.2 Å². The molecule has 0 aromatic heterocycles. The number of hydrogen-bond acceptors (Lipinski definition) is 3. The first-order valence-electron chi connectivity index (χ1n) is 3.65. The fourth-order valence-electron chi connectivity index (χ4n) is 1.12. The Morgan fingerprint density at radius 1 is 1.60 bits per heavy atom. The summed E-state index contributed by atoms with van der Waals surface area (Å²) in [5.74, 6) is 0. The van der Waals surface area contributed by atoms with Crippen molar-refractivity contribution < 1.29 is 5.11 Å². The number of hydrogen-bond donors (Lipinski definition) is 1. The summed E-state index contributed by atoms with van der Waals surface area (Å²) in [6.07, 6.45) is 5.55. The summed E-state index contributed by atoms with van der Waals surface area (Å²) in [5, 5.41) is 17.1. The summed E-state index contributed by atoms with van der Waals surface area (Å²) in [6, 6.07) is 0.428. The van der Waals surface area contributed by atoms with Crippen molar-refractivity contribution in [3.63, 3.8) is 0 Å². The molecule has 3 nitrogen and oxygen atoms in total. The lowest BCUT2D eigenvalue weighted by atomic mass is 9.92. The fourth-order valence-corrected chi connectivity index (χ4v) is 1.12. The molecule has 0 aliphatic heterocycles. The van der Waals surface area contributed by atoms with Crippen LogP contribution in [0, 0.1) is 11.5 Å². The zero-order chi connectivity index (χ0) is 7.40. The quantitative estimate of drug-likeness (QED) is 0.453. The second kappa shape index (κ2) is 3.43. The number of aliphatic hydroxyl groups is 1. The molecule has 1 fully saturated rings. The van der Waals surface area contributed by atoms with Gasteiger partial charge in [-0.2, -0.15) is 5.26 Å². The van der Waals surface area contributed by atoms with Crippen molar-refractivity contribution in [2.45, 2.75) is 25.3 Å². The van der Waals surface area contributed by atoms with Gasteiger partial charge in [-0.1, -0.05) is 0 Å². The summed E-state index contributed by atoms with van der Waals surface area (Å²) >= 11 is 0. The normalized spacial score (nSPS) is 17.6. The molecular weight excluding hydrogens is 128 g/mol.